The van der Waals surface area contributed by atoms with Gasteiger partial charge < -0.3 is 10.1 Å². The number of hydrogen-bond acceptors (Lipinski definition) is 3. The van der Waals surface area contributed by atoms with Crippen LogP contribution >= 0.6 is 0 Å². The molecule has 1 unspecified atom stereocenters. The molecule has 1 N–H and O–H groups in total. The van der Waals surface area contributed by atoms with Crippen molar-refractivity contribution in [2.75, 3.05) is 13.7 Å². The molecule has 2 heterocycles. The van der Waals surface area contributed by atoms with Crippen LogP contribution in [0.2, 0.25) is 0 Å². The molecule has 0 aliphatic carbocycles. The first-order chi connectivity index (χ1) is 9.33. The molecular formula is C15H19N3O. The number of nitrogens with one attached hydrogen (secondary N) is 1. The van der Waals surface area contributed by atoms with E-state index in [1.54, 1.807) is 7.11 Å². The van der Waals surface area contributed by atoms with E-state index in [4.69, 9.17) is 4.74 Å². The average molecular weight is 257 g/mol. The van der Waals surface area contributed by atoms with Crippen molar-refractivity contribution < 1.29 is 4.74 Å². The second kappa shape index (κ2) is 5.05. The molecule has 0 fully saturated rings. The molecule has 4 nitrogen and oxygen atoms in total. The number of fused-ring (bicyclic) bond motifs is 1. The van der Waals surface area contributed by atoms with E-state index in [1.807, 2.05) is 16.9 Å². The van der Waals surface area contributed by atoms with Crippen LogP contribution in [0.1, 0.15) is 29.7 Å². The second-order valence-electron chi connectivity index (χ2n) is 4.79. The molecule has 19 heavy (non-hydrogen) atoms. The quantitative estimate of drug-likeness (QED) is 0.915. The van der Waals surface area contributed by atoms with Crippen LogP contribution in [0.15, 0.2) is 30.6 Å². The van der Waals surface area contributed by atoms with Crippen molar-refractivity contribution in [3.8, 4) is 5.75 Å². The van der Waals surface area contributed by atoms with Gasteiger partial charge in [0.05, 0.1) is 19.3 Å². The van der Waals surface area contributed by atoms with Gasteiger partial charge in [0.15, 0.2) is 0 Å². The number of hydrogen-bond donors (Lipinski definition) is 1. The Morgan fingerprint density at radius 1 is 1.47 bits per heavy atom. The SMILES string of the molecule is CCn1cc(C2NCCc3c(OC)cccc32)cn1. The molecule has 0 saturated heterocycles. The molecule has 1 aromatic heterocycles. The second-order valence-corrected chi connectivity index (χ2v) is 4.79. The van der Waals surface area contributed by atoms with Gasteiger partial charge in [0.25, 0.3) is 0 Å². The summed E-state index contributed by atoms with van der Waals surface area (Å²) in [5.74, 6) is 0.992. The number of nitrogens with zero attached hydrogens (tertiary/aromatic N) is 2. The fourth-order valence-corrected chi connectivity index (χ4v) is 2.76. The maximum Gasteiger partial charge on any atom is 0.122 e. The van der Waals surface area contributed by atoms with E-state index in [0.29, 0.717) is 0 Å². The normalized spacial score (nSPS) is 18.1. The van der Waals surface area contributed by atoms with Gasteiger partial charge in [-0.25, -0.2) is 0 Å². The Bertz CT molecular complexity index is 577. The number of benzene rings is 1. The molecule has 1 atom stereocenters. The Morgan fingerprint density at radius 2 is 2.37 bits per heavy atom. The lowest BCUT2D eigenvalue weighted by molar-refractivity contribution is 0.403. The van der Waals surface area contributed by atoms with Crippen molar-refractivity contribution in [1.82, 2.24) is 15.1 Å². The third-order valence-corrected chi connectivity index (χ3v) is 3.73. The topological polar surface area (TPSA) is 39.1 Å². The Kier molecular flexibility index (Phi) is 3.25. The van der Waals surface area contributed by atoms with Crippen LogP contribution in [0.5, 0.6) is 5.75 Å². The van der Waals surface area contributed by atoms with Crippen molar-refractivity contribution in [2.45, 2.75) is 25.9 Å². The van der Waals surface area contributed by atoms with Gasteiger partial charge in [-0.2, -0.15) is 5.10 Å². The number of aryl methyl sites for hydroxylation is 1. The maximum absolute atomic E-state index is 5.47. The van der Waals surface area contributed by atoms with Crippen LogP contribution in [0.25, 0.3) is 0 Å². The minimum atomic E-state index is 0.221. The summed E-state index contributed by atoms with van der Waals surface area (Å²) in [7, 11) is 1.74. The van der Waals surface area contributed by atoms with Crippen LogP contribution in [0.3, 0.4) is 0 Å². The molecule has 0 spiro atoms. The smallest absolute Gasteiger partial charge is 0.122 e. The van der Waals surface area contributed by atoms with E-state index in [0.717, 1.165) is 25.3 Å². The summed E-state index contributed by atoms with van der Waals surface area (Å²) in [6.45, 7) is 3.97. The molecule has 0 bridgehead atoms. The van der Waals surface area contributed by atoms with Crippen LogP contribution in [-0.4, -0.2) is 23.4 Å². The fourth-order valence-electron chi connectivity index (χ4n) is 2.76. The molecule has 0 saturated carbocycles. The summed E-state index contributed by atoms with van der Waals surface area (Å²) < 4.78 is 7.44. The number of methoxy groups -OCH3 is 1. The van der Waals surface area contributed by atoms with Crippen LogP contribution in [-0.2, 0) is 13.0 Å². The van der Waals surface area contributed by atoms with Gasteiger partial charge in [0.2, 0.25) is 0 Å². The lowest BCUT2D eigenvalue weighted by Crippen LogP contribution is -2.30. The predicted octanol–water partition coefficient (Wildman–Crippen LogP) is 2.15. The first-order valence-electron chi connectivity index (χ1n) is 6.75. The molecule has 2 aromatic rings. The zero-order valence-electron chi connectivity index (χ0n) is 11.4. The standard InChI is InChI=1S/C15H19N3O/c1-3-18-10-11(9-17-18)15-13-5-4-6-14(19-2)12(13)7-8-16-15/h4-6,9-10,15-16H,3,7-8H2,1-2H3. The third kappa shape index (κ3) is 2.12. The van der Waals surface area contributed by atoms with E-state index < -0.39 is 0 Å². The lowest BCUT2D eigenvalue weighted by Gasteiger charge is -2.27. The molecule has 1 aliphatic heterocycles. The first kappa shape index (κ1) is 12.2. The highest BCUT2D eigenvalue weighted by Crippen LogP contribution is 2.33. The van der Waals surface area contributed by atoms with Crippen molar-refractivity contribution in [3.63, 3.8) is 0 Å². The third-order valence-electron chi connectivity index (χ3n) is 3.73. The molecule has 100 valence electrons. The summed E-state index contributed by atoms with van der Waals surface area (Å²) in [5, 5.41) is 7.94. The van der Waals surface area contributed by atoms with Gasteiger partial charge in [-0.05, 0) is 25.0 Å². The van der Waals surface area contributed by atoms with Crippen LogP contribution in [0, 0.1) is 0 Å². The zero-order chi connectivity index (χ0) is 13.2. The molecule has 1 aromatic carbocycles. The summed E-state index contributed by atoms with van der Waals surface area (Å²) in [4.78, 5) is 0. The maximum atomic E-state index is 5.47. The van der Waals surface area contributed by atoms with E-state index in [2.05, 4.69) is 35.7 Å². The van der Waals surface area contributed by atoms with Crippen molar-refractivity contribution in [1.29, 1.82) is 0 Å². The zero-order valence-corrected chi connectivity index (χ0v) is 11.4. The largest absolute Gasteiger partial charge is 0.496 e. The molecule has 1 aliphatic rings. The van der Waals surface area contributed by atoms with E-state index in [-0.39, 0.29) is 6.04 Å². The van der Waals surface area contributed by atoms with Crippen molar-refractivity contribution in [2.24, 2.45) is 0 Å². The van der Waals surface area contributed by atoms with Crippen LogP contribution < -0.4 is 10.1 Å². The Labute approximate surface area is 113 Å². The van der Waals surface area contributed by atoms with Gasteiger partial charge in [-0.3, -0.25) is 4.68 Å². The summed E-state index contributed by atoms with van der Waals surface area (Å²) in [6.07, 6.45) is 5.08. The predicted molar refractivity (Wildman–Crippen MR) is 74.4 cm³/mol. The molecular weight excluding hydrogens is 238 g/mol. The van der Waals surface area contributed by atoms with Gasteiger partial charge in [-0.15, -0.1) is 0 Å². The monoisotopic (exact) mass is 257 g/mol. The highest BCUT2D eigenvalue weighted by Gasteiger charge is 2.24. The average Bonchev–Trinajstić information content (AvgIpc) is 2.94. The van der Waals surface area contributed by atoms with Gasteiger partial charge in [0, 0.05) is 30.4 Å². The fraction of sp³-hybridized carbons (Fsp3) is 0.400. The van der Waals surface area contributed by atoms with Crippen molar-refractivity contribution in [3.05, 3.63) is 47.3 Å². The molecule has 4 heteroatoms. The number of ether oxygens (including phenoxy) is 1. The minimum Gasteiger partial charge on any atom is -0.496 e. The highest BCUT2D eigenvalue weighted by molar-refractivity contribution is 5.46. The lowest BCUT2D eigenvalue weighted by atomic mass is 9.90. The van der Waals surface area contributed by atoms with Gasteiger partial charge in [-0.1, -0.05) is 12.1 Å². The highest BCUT2D eigenvalue weighted by atomic mass is 16.5. The Hall–Kier alpha value is -1.81. The van der Waals surface area contributed by atoms with E-state index >= 15 is 0 Å². The number of rotatable bonds is 3. The summed E-state index contributed by atoms with van der Waals surface area (Å²) in [6, 6.07) is 6.50. The first-order valence-corrected chi connectivity index (χ1v) is 6.75. The van der Waals surface area contributed by atoms with Gasteiger partial charge in [0.1, 0.15) is 5.75 Å². The Balaban J connectivity index is 2.02. The van der Waals surface area contributed by atoms with Crippen LogP contribution in [0.4, 0.5) is 0 Å². The molecule has 0 radical (unpaired) electrons. The Morgan fingerprint density at radius 3 is 3.11 bits per heavy atom. The molecule has 0 amide bonds. The van der Waals surface area contributed by atoms with Crippen molar-refractivity contribution >= 4 is 0 Å². The van der Waals surface area contributed by atoms with Gasteiger partial charge >= 0.3 is 0 Å². The summed E-state index contributed by atoms with van der Waals surface area (Å²) in [5.41, 5.74) is 3.84. The minimum absolute atomic E-state index is 0.221. The van der Waals surface area contributed by atoms with E-state index in [1.165, 1.54) is 16.7 Å². The summed E-state index contributed by atoms with van der Waals surface area (Å²) >= 11 is 0. The van der Waals surface area contributed by atoms with E-state index in [9.17, 15) is 0 Å². The molecule has 3 rings (SSSR count). The number of aromatic nitrogens is 2.